The fourth-order valence-electron chi connectivity index (χ4n) is 0.942. The van der Waals surface area contributed by atoms with Crippen molar-refractivity contribution in [3.05, 3.63) is 29.8 Å². The summed E-state index contributed by atoms with van der Waals surface area (Å²) >= 11 is 0. The summed E-state index contributed by atoms with van der Waals surface area (Å²) in [4.78, 5) is 20.8. The zero-order valence-corrected chi connectivity index (χ0v) is 11.1. The van der Waals surface area contributed by atoms with Gasteiger partial charge in [0.2, 0.25) is 0 Å². The molecular formula is C13H18O5. The maximum absolute atomic E-state index is 11.2. The third kappa shape index (κ3) is 6.52. The summed E-state index contributed by atoms with van der Waals surface area (Å²) in [6.45, 7) is 3.53. The molecule has 0 unspecified atom stereocenters. The van der Waals surface area contributed by atoms with Gasteiger partial charge in [-0.25, -0.2) is 4.79 Å². The summed E-state index contributed by atoms with van der Waals surface area (Å²) in [5, 5.41) is 0. The van der Waals surface area contributed by atoms with Crippen LogP contribution in [0, 0.1) is 0 Å². The Balaban J connectivity index is 0.000000494. The topological polar surface area (TPSA) is 61.8 Å². The maximum atomic E-state index is 11.2. The fraction of sp³-hybridized carbons (Fsp3) is 0.385. The van der Waals surface area contributed by atoms with Crippen LogP contribution in [0.4, 0.5) is 0 Å². The number of benzene rings is 1. The maximum Gasteiger partial charge on any atom is 0.338 e. The van der Waals surface area contributed by atoms with Gasteiger partial charge in [-0.15, -0.1) is 0 Å². The van der Waals surface area contributed by atoms with Crippen molar-refractivity contribution < 1.29 is 23.8 Å². The summed E-state index contributed by atoms with van der Waals surface area (Å²) in [6, 6.07) is 6.81. The van der Waals surface area contributed by atoms with Crippen LogP contribution in [0.1, 0.15) is 24.2 Å². The van der Waals surface area contributed by atoms with E-state index in [0.29, 0.717) is 12.2 Å². The molecule has 1 rings (SSSR count). The van der Waals surface area contributed by atoms with Crippen LogP contribution in [0.3, 0.4) is 0 Å². The van der Waals surface area contributed by atoms with Crippen molar-refractivity contribution in [2.45, 2.75) is 13.8 Å². The second-order valence-corrected chi connectivity index (χ2v) is 3.14. The second-order valence-electron chi connectivity index (χ2n) is 3.14. The van der Waals surface area contributed by atoms with Crippen molar-refractivity contribution in [2.24, 2.45) is 0 Å². The Bertz CT molecular complexity index is 369. The number of ether oxygens (including phenoxy) is 3. The van der Waals surface area contributed by atoms with Crippen LogP contribution in [-0.2, 0) is 14.3 Å². The Labute approximate surface area is 107 Å². The number of carbonyl (C=O) groups excluding carboxylic acids is 2. The minimum Gasteiger partial charge on any atom is -0.497 e. The van der Waals surface area contributed by atoms with Crippen LogP contribution >= 0.6 is 0 Å². The molecule has 18 heavy (non-hydrogen) atoms. The Morgan fingerprint density at radius 3 is 1.94 bits per heavy atom. The first kappa shape index (κ1) is 16.0. The lowest BCUT2D eigenvalue weighted by atomic mass is 10.2. The molecule has 0 fully saturated rings. The van der Waals surface area contributed by atoms with Gasteiger partial charge < -0.3 is 14.2 Å². The first-order chi connectivity index (χ1) is 8.54. The minimum absolute atomic E-state index is 0.245. The van der Waals surface area contributed by atoms with E-state index < -0.39 is 0 Å². The number of esters is 2. The quantitative estimate of drug-likeness (QED) is 0.772. The normalized spacial score (nSPS) is 8.67. The number of hydrogen-bond donors (Lipinski definition) is 0. The highest BCUT2D eigenvalue weighted by molar-refractivity contribution is 5.89. The number of methoxy groups -OCH3 is 2. The number of carbonyl (C=O) groups is 2. The lowest BCUT2D eigenvalue weighted by Gasteiger charge is -2.02. The van der Waals surface area contributed by atoms with Gasteiger partial charge in [0.05, 0.1) is 26.4 Å². The monoisotopic (exact) mass is 254 g/mol. The third-order valence-corrected chi connectivity index (χ3v) is 1.89. The Kier molecular flexibility index (Phi) is 8.01. The molecule has 0 bridgehead atoms. The highest BCUT2D eigenvalue weighted by atomic mass is 16.5. The average Bonchev–Trinajstić information content (AvgIpc) is 2.39. The molecule has 0 aliphatic rings. The van der Waals surface area contributed by atoms with Crippen molar-refractivity contribution in [1.82, 2.24) is 0 Å². The molecule has 0 saturated carbocycles. The largest absolute Gasteiger partial charge is 0.497 e. The zero-order chi connectivity index (χ0) is 14.0. The van der Waals surface area contributed by atoms with Gasteiger partial charge >= 0.3 is 11.9 Å². The molecule has 1 aromatic rings. The first-order valence-electron chi connectivity index (χ1n) is 5.40. The van der Waals surface area contributed by atoms with Gasteiger partial charge in [-0.05, 0) is 31.2 Å². The molecule has 0 aliphatic heterocycles. The molecule has 0 amide bonds. The van der Waals surface area contributed by atoms with E-state index in [9.17, 15) is 9.59 Å². The summed E-state index contributed by atoms with van der Waals surface area (Å²) in [6.07, 6.45) is 0. The number of hydrogen-bond acceptors (Lipinski definition) is 5. The summed E-state index contributed by atoms with van der Waals surface area (Å²) < 4.78 is 13.9. The van der Waals surface area contributed by atoms with Crippen molar-refractivity contribution in [1.29, 1.82) is 0 Å². The summed E-state index contributed by atoms with van der Waals surface area (Å²) in [7, 11) is 2.93. The summed E-state index contributed by atoms with van der Waals surface area (Å²) in [5.74, 6) is 0.184. The minimum atomic E-state index is -0.301. The molecule has 0 atom stereocenters. The SMILES string of the molecule is CCOC(=O)c1ccc(OC)cc1.COC(C)=O. The molecule has 5 nitrogen and oxygen atoms in total. The molecule has 0 spiro atoms. The standard InChI is InChI=1S/C10H12O3.C3H6O2/c1-3-13-10(11)8-4-6-9(12-2)7-5-8;1-3(4)5-2/h4-7H,3H2,1-2H3;1-2H3. The van der Waals surface area contributed by atoms with Gasteiger partial charge in [0.1, 0.15) is 5.75 Å². The van der Waals surface area contributed by atoms with Crippen molar-refractivity contribution in [2.75, 3.05) is 20.8 Å². The van der Waals surface area contributed by atoms with E-state index in [2.05, 4.69) is 4.74 Å². The van der Waals surface area contributed by atoms with Crippen LogP contribution in [-0.4, -0.2) is 32.8 Å². The molecule has 0 heterocycles. The molecule has 1 aromatic carbocycles. The van der Waals surface area contributed by atoms with E-state index in [4.69, 9.17) is 9.47 Å². The lowest BCUT2D eigenvalue weighted by Crippen LogP contribution is -2.03. The van der Waals surface area contributed by atoms with Crippen molar-refractivity contribution in [3.8, 4) is 5.75 Å². The van der Waals surface area contributed by atoms with Gasteiger partial charge in [0, 0.05) is 6.92 Å². The van der Waals surface area contributed by atoms with E-state index in [-0.39, 0.29) is 11.9 Å². The van der Waals surface area contributed by atoms with Gasteiger partial charge in [-0.3, -0.25) is 4.79 Å². The Hall–Kier alpha value is -2.04. The van der Waals surface area contributed by atoms with Crippen LogP contribution in [0.25, 0.3) is 0 Å². The van der Waals surface area contributed by atoms with E-state index in [0.717, 1.165) is 5.75 Å². The van der Waals surface area contributed by atoms with Gasteiger partial charge in [0.25, 0.3) is 0 Å². The highest BCUT2D eigenvalue weighted by Crippen LogP contribution is 2.11. The van der Waals surface area contributed by atoms with Crippen LogP contribution in [0.15, 0.2) is 24.3 Å². The van der Waals surface area contributed by atoms with Crippen LogP contribution in [0.2, 0.25) is 0 Å². The smallest absolute Gasteiger partial charge is 0.338 e. The van der Waals surface area contributed by atoms with E-state index >= 15 is 0 Å². The van der Waals surface area contributed by atoms with E-state index in [1.807, 2.05) is 0 Å². The first-order valence-corrected chi connectivity index (χ1v) is 5.40. The molecular weight excluding hydrogens is 236 g/mol. The van der Waals surface area contributed by atoms with Crippen molar-refractivity contribution >= 4 is 11.9 Å². The van der Waals surface area contributed by atoms with Gasteiger partial charge in [-0.2, -0.15) is 0 Å². The van der Waals surface area contributed by atoms with Gasteiger partial charge in [0.15, 0.2) is 0 Å². The van der Waals surface area contributed by atoms with Gasteiger partial charge in [-0.1, -0.05) is 0 Å². The van der Waals surface area contributed by atoms with Crippen molar-refractivity contribution in [3.63, 3.8) is 0 Å². The Morgan fingerprint density at radius 2 is 1.61 bits per heavy atom. The second kappa shape index (κ2) is 9.04. The predicted octanol–water partition coefficient (Wildman–Crippen LogP) is 2.05. The fourth-order valence-corrected chi connectivity index (χ4v) is 0.942. The highest BCUT2D eigenvalue weighted by Gasteiger charge is 2.04. The van der Waals surface area contributed by atoms with Crippen LogP contribution in [0.5, 0.6) is 5.75 Å². The Morgan fingerprint density at radius 1 is 1.11 bits per heavy atom. The molecule has 100 valence electrons. The van der Waals surface area contributed by atoms with E-state index in [1.165, 1.54) is 14.0 Å². The van der Waals surface area contributed by atoms with E-state index in [1.54, 1.807) is 38.3 Å². The number of rotatable bonds is 3. The lowest BCUT2D eigenvalue weighted by molar-refractivity contribution is -0.137. The van der Waals surface area contributed by atoms with Crippen LogP contribution < -0.4 is 4.74 Å². The molecule has 0 aromatic heterocycles. The summed E-state index contributed by atoms with van der Waals surface area (Å²) in [5.41, 5.74) is 0.544. The molecule has 0 saturated heterocycles. The molecule has 0 N–H and O–H groups in total. The zero-order valence-electron chi connectivity index (χ0n) is 11.1. The molecule has 0 radical (unpaired) electrons. The molecule has 0 aliphatic carbocycles. The predicted molar refractivity (Wildman–Crippen MR) is 66.6 cm³/mol. The third-order valence-electron chi connectivity index (χ3n) is 1.89. The molecule has 5 heteroatoms. The average molecular weight is 254 g/mol.